The molecule has 4 nitrogen and oxygen atoms in total. The first-order valence-corrected chi connectivity index (χ1v) is 7.86. The summed E-state index contributed by atoms with van der Waals surface area (Å²) in [5.41, 5.74) is 3.10. The second-order valence-electron chi connectivity index (χ2n) is 4.81. The second-order valence-corrected chi connectivity index (χ2v) is 5.60. The second kappa shape index (κ2) is 5.69. The number of hydrogen-bond acceptors (Lipinski definition) is 4. The maximum atomic E-state index is 11.3. The number of para-hydroxylation sites is 1. The van der Waals surface area contributed by atoms with Gasteiger partial charge in [-0.3, -0.25) is 15.1 Å². The first-order valence-electron chi connectivity index (χ1n) is 6.63. The van der Waals surface area contributed by atoms with E-state index in [1.807, 2.05) is 42.7 Å². The molecule has 1 aliphatic heterocycles. The Balaban J connectivity index is 2.14. The molecule has 0 radical (unpaired) electrons. The molecule has 1 aliphatic rings. The summed E-state index contributed by atoms with van der Waals surface area (Å²) < 4.78 is 0. The topological polar surface area (TPSA) is 55.5 Å². The zero-order chi connectivity index (χ0) is 14.8. The average Bonchev–Trinajstić information content (AvgIpc) is 2.53. The highest BCUT2D eigenvalue weighted by molar-refractivity contribution is 8.13. The van der Waals surface area contributed by atoms with Gasteiger partial charge in [0.05, 0.1) is 16.5 Å². The van der Waals surface area contributed by atoms with Crippen molar-refractivity contribution in [3.63, 3.8) is 0 Å². The molecular weight excluding hydrogens is 284 g/mol. The summed E-state index contributed by atoms with van der Waals surface area (Å²) in [4.78, 5) is 15.6. The molecule has 106 valence electrons. The van der Waals surface area contributed by atoms with Crippen molar-refractivity contribution in [1.82, 2.24) is 0 Å². The van der Waals surface area contributed by atoms with Crippen LogP contribution in [0.4, 0.5) is 5.69 Å². The van der Waals surface area contributed by atoms with Crippen molar-refractivity contribution in [2.24, 2.45) is 4.99 Å². The molecule has 2 aromatic rings. The Morgan fingerprint density at radius 2 is 1.81 bits per heavy atom. The van der Waals surface area contributed by atoms with Gasteiger partial charge in [-0.25, -0.2) is 0 Å². The summed E-state index contributed by atoms with van der Waals surface area (Å²) in [6, 6.07) is 15.0. The molecule has 1 heterocycles. The van der Waals surface area contributed by atoms with E-state index in [0.717, 1.165) is 21.7 Å². The number of aliphatic imine (C=N–C) groups is 1. The lowest BCUT2D eigenvalue weighted by Gasteiger charge is -2.24. The minimum atomic E-state index is -0.314. The van der Waals surface area contributed by atoms with Crippen molar-refractivity contribution in [3.8, 4) is 0 Å². The number of benzene rings is 2. The number of fused-ring (bicyclic) bond motifs is 1. The number of nitro benzene ring substituents is 1. The van der Waals surface area contributed by atoms with Gasteiger partial charge < -0.3 is 0 Å². The first kappa shape index (κ1) is 13.8. The van der Waals surface area contributed by atoms with Gasteiger partial charge in [0, 0.05) is 23.1 Å². The summed E-state index contributed by atoms with van der Waals surface area (Å²) in [7, 11) is 0. The lowest BCUT2D eigenvalue weighted by atomic mass is 9.86. The van der Waals surface area contributed by atoms with Crippen molar-refractivity contribution in [2.75, 3.05) is 12.8 Å². The zero-order valence-electron chi connectivity index (χ0n) is 11.5. The van der Waals surface area contributed by atoms with Gasteiger partial charge in [0.2, 0.25) is 0 Å². The van der Waals surface area contributed by atoms with E-state index in [2.05, 4.69) is 4.99 Å². The summed E-state index contributed by atoms with van der Waals surface area (Å²) in [6.07, 6.45) is 2.00. The summed E-state index contributed by atoms with van der Waals surface area (Å²) in [6.45, 7) is 0.554. The van der Waals surface area contributed by atoms with Gasteiger partial charge >= 0.3 is 0 Å². The molecule has 21 heavy (non-hydrogen) atoms. The Hall–Kier alpha value is -2.14. The van der Waals surface area contributed by atoms with Gasteiger partial charge in [-0.1, -0.05) is 42.5 Å². The minimum absolute atomic E-state index is 0.0568. The predicted octanol–water partition coefficient (Wildman–Crippen LogP) is 3.85. The molecule has 0 amide bonds. The van der Waals surface area contributed by atoms with Crippen LogP contribution in [0.5, 0.6) is 0 Å². The fourth-order valence-electron chi connectivity index (χ4n) is 2.74. The van der Waals surface area contributed by atoms with Gasteiger partial charge in [0.25, 0.3) is 5.69 Å². The molecule has 0 saturated carbocycles. The quantitative estimate of drug-likeness (QED) is 0.625. The summed E-state index contributed by atoms with van der Waals surface area (Å²) >= 11 is 1.61. The maximum absolute atomic E-state index is 11.3. The largest absolute Gasteiger partial charge is 0.277 e. The van der Waals surface area contributed by atoms with Gasteiger partial charge in [0.1, 0.15) is 0 Å². The normalized spacial score (nSPS) is 17.0. The molecule has 0 fully saturated rings. The highest BCUT2D eigenvalue weighted by Crippen LogP contribution is 2.37. The standard InChI is InChI=1S/C16H14N2O2S/c1-21-16-13-8-3-2-6-11(13)14(10-17-16)12-7-4-5-9-15(12)18(19)20/h2-9,14H,10H2,1H3. The molecule has 0 aliphatic carbocycles. The molecule has 0 aromatic heterocycles. The van der Waals surface area contributed by atoms with Crippen molar-refractivity contribution >= 4 is 22.5 Å². The van der Waals surface area contributed by atoms with Crippen LogP contribution in [0.2, 0.25) is 0 Å². The number of nitrogens with zero attached hydrogens (tertiary/aromatic N) is 2. The Morgan fingerprint density at radius 1 is 1.14 bits per heavy atom. The van der Waals surface area contributed by atoms with E-state index in [9.17, 15) is 10.1 Å². The maximum Gasteiger partial charge on any atom is 0.273 e. The van der Waals surface area contributed by atoms with E-state index < -0.39 is 0 Å². The molecular formula is C16H14N2O2S. The predicted molar refractivity (Wildman–Crippen MR) is 86.3 cm³/mol. The Kier molecular flexibility index (Phi) is 3.75. The van der Waals surface area contributed by atoms with Gasteiger partial charge in [0.15, 0.2) is 0 Å². The Labute approximate surface area is 127 Å². The third kappa shape index (κ3) is 2.45. The Morgan fingerprint density at radius 3 is 2.52 bits per heavy atom. The van der Waals surface area contributed by atoms with Crippen molar-refractivity contribution in [3.05, 3.63) is 75.3 Å². The summed E-state index contributed by atoms with van der Waals surface area (Å²) in [5.74, 6) is -0.0568. The molecule has 1 unspecified atom stereocenters. The van der Waals surface area contributed by atoms with Crippen LogP contribution in [0.25, 0.3) is 0 Å². The smallest absolute Gasteiger partial charge is 0.273 e. The van der Waals surface area contributed by atoms with Crippen LogP contribution in [-0.4, -0.2) is 22.8 Å². The van der Waals surface area contributed by atoms with Crippen LogP contribution in [0, 0.1) is 10.1 Å². The molecule has 0 saturated heterocycles. The van der Waals surface area contributed by atoms with Crippen molar-refractivity contribution in [2.45, 2.75) is 5.92 Å². The van der Waals surface area contributed by atoms with Crippen molar-refractivity contribution in [1.29, 1.82) is 0 Å². The van der Waals surface area contributed by atoms with Crippen LogP contribution in [-0.2, 0) is 0 Å². The van der Waals surface area contributed by atoms with Crippen LogP contribution >= 0.6 is 11.8 Å². The van der Waals surface area contributed by atoms with Crippen LogP contribution < -0.4 is 0 Å². The van der Waals surface area contributed by atoms with E-state index in [4.69, 9.17) is 0 Å². The highest BCUT2D eigenvalue weighted by Gasteiger charge is 2.28. The van der Waals surface area contributed by atoms with Crippen LogP contribution in [0.1, 0.15) is 22.6 Å². The SMILES string of the molecule is CSC1=NCC(c2ccccc2[N+](=O)[O-])c2ccccc21. The van der Waals surface area contributed by atoms with Crippen LogP contribution in [0.15, 0.2) is 53.5 Å². The van der Waals surface area contributed by atoms with Crippen LogP contribution in [0.3, 0.4) is 0 Å². The number of nitro groups is 1. The lowest BCUT2D eigenvalue weighted by molar-refractivity contribution is -0.385. The molecule has 2 aromatic carbocycles. The average molecular weight is 298 g/mol. The fourth-order valence-corrected chi connectivity index (χ4v) is 3.35. The first-order chi connectivity index (χ1) is 10.2. The lowest BCUT2D eigenvalue weighted by Crippen LogP contribution is -2.17. The van der Waals surface area contributed by atoms with E-state index in [-0.39, 0.29) is 16.5 Å². The van der Waals surface area contributed by atoms with E-state index >= 15 is 0 Å². The summed E-state index contributed by atoms with van der Waals surface area (Å²) in [5, 5.41) is 12.3. The van der Waals surface area contributed by atoms with Crippen molar-refractivity contribution < 1.29 is 4.92 Å². The molecule has 0 spiro atoms. The molecule has 0 N–H and O–H groups in total. The molecule has 5 heteroatoms. The zero-order valence-corrected chi connectivity index (χ0v) is 12.3. The van der Waals surface area contributed by atoms with E-state index in [1.54, 1.807) is 23.9 Å². The van der Waals surface area contributed by atoms with Gasteiger partial charge in [-0.05, 0) is 11.8 Å². The molecule has 0 bridgehead atoms. The third-order valence-corrected chi connectivity index (χ3v) is 4.42. The van der Waals surface area contributed by atoms with Gasteiger partial charge in [-0.15, -0.1) is 11.8 Å². The minimum Gasteiger partial charge on any atom is -0.277 e. The molecule has 3 rings (SSSR count). The highest BCUT2D eigenvalue weighted by atomic mass is 32.2. The number of thioether (sulfide) groups is 1. The number of rotatable bonds is 2. The Bertz CT molecular complexity index is 728. The number of hydrogen-bond donors (Lipinski definition) is 0. The van der Waals surface area contributed by atoms with E-state index in [1.165, 1.54) is 0 Å². The fraction of sp³-hybridized carbons (Fsp3) is 0.188. The third-order valence-electron chi connectivity index (χ3n) is 3.69. The molecule has 1 atom stereocenters. The van der Waals surface area contributed by atoms with E-state index in [0.29, 0.717) is 6.54 Å². The van der Waals surface area contributed by atoms with Gasteiger partial charge in [-0.2, -0.15) is 0 Å². The monoisotopic (exact) mass is 298 g/mol.